The predicted molar refractivity (Wildman–Crippen MR) is 117 cm³/mol. The number of carbonyl (C=O) groups excluding carboxylic acids is 2. The van der Waals surface area contributed by atoms with Gasteiger partial charge in [0, 0.05) is 22.7 Å². The summed E-state index contributed by atoms with van der Waals surface area (Å²) < 4.78 is 0. The molecule has 3 aromatic rings. The minimum atomic E-state index is -0.285. The lowest BCUT2D eigenvalue weighted by Gasteiger charge is -2.10. The summed E-state index contributed by atoms with van der Waals surface area (Å²) in [6.45, 7) is 6.12. The Morgan fingerprint density at radius 2 is 1.62 bits per heavy atom. The van der Waals surface area contributed by atoms with Crippen molar-refractivity contribution in [3.8, 4) is 0 Å². The zero-order valence-corrected chi connectivity index (χ0v) is 17.5. The van der Waals surface area contributed by atoms with Crippen LogP contribution in [0, 0.1) is 6.92 Å². The van der Waals surface area contributed by atoms with E-state index in [4.69, 9.17) is 0 Å². The van der Waals surface area contributed by atoms with Gasteiger partial charge in [-0.25, -0.2) is 0 Å². The van der Waals surface area contributed by atoms with Crippen LogP contribution in [0.5, 0.6) is 0 Å². The fraction of sp³-hybridized carbons (Fsp3) is 0.273. The number of aryl methyl sites for hydroxylation is 1. The van der Waals surface area contributed by atoms with Crippen LogP contribution >= 0.6 is 11.3 Å². The summed E-state index contributed by atoms with van der Waals surface area (Å²) in [5.41, 5.74) is 2.47. The number of nitrogens with zero attached hydrogens (tertiary/aromatic N) is 2. The van der Waals surface area contributed by atoms with Crippen LogP contribution in [0.2, 0.25) is 0 Å². The summed E-state index contributed by atoms with van der Waals surface area (Å²) in [5.74, 6) is -0.144. The SMILES string of the molecule is CCC(CC)c1nnc(NC(=O)c2ccc(C)c(NC(=O)c3ccccc3)c2)s1. The summed E-state index contributed by atoms with van der Waals surface area (Å²) in [6, 6.07) is 14.2. The predicted octanol–water partition coefficient (Wildman–Crippen LogP) is 5.25. The molecule has 0 spiro atoms. The molecular weight excluding hydrogens is 384 g/mol. The van der Waals surface area contributed by atoms with E-state index in [9.17, 15) is 9.59 Å². The highest BCUT2D eigenvalue weighted by atomic mass is 32.1. The molecule has 2 aromatic carbocycles. The standard InChI is InChI=1S/C22H24N4O2S/c1-4-15(5-2)21-25-26-22(29-21)24-20(28)17-12-11-14(3)18(13-17)23-19(27)16-9-7-6-8-10-16/h6-13,15H,4-5H2,1-3H3,(H,23,27)(H,24,26,28). The molecular formula is C22H24N4O2S. The highest BCUT2D eigenvalue weighted by Crippen LogP contribution is 2.28. The quantitative estimate of drug-likeness (QED) is 0.559. The molecule has 0 unspecified atom stereocenters. The first-order valence-corrected chi connectivity index (χ1v) is 10.4. The number of carbonyl (C=O) groups is 2. The number of hydrogen-bond donors (Lipinski definition) is 2. The molecule has 0 aliphatic carbocycles. The maximum absolute atomic E-state index is 12.7. The number of amides is 2. The molecule has 0 aliphatic heterocycles. The zero-order valence-electron chi connectivity index (χ0n) is 16.7. The van der Waals surface area contributed by atoms with Crippen LogP contribution in [-0.4, -0.2) is 22.0 Å². The summed E-state index contributed by atoms with van der Waals surface area (Å²) in [6.07, 6.45) is 1.98. The Morgan fingerprint density at radius 3 is 2.31 bits per heavy atom. The van der Waals surface area contributed by atoms with Crippen LogP contribution in [-0.2, 0) is 0 Å². The van der Waals surface area contributed by atoms with Crippen LogP contribution < -0.4 is 10.6 Å². The number of anilines is 2. The first kappa shape index (κ1) is 20.7. The van der Waals surface area contributed by atoms with Crippen molar-refractivity contribution in [3.63, 3.8) is 0 Å². The molecule has 0 radical (unpaired) electrons. The van der Waals surface area contributed by atoms with Crippen molar-refractivity contribution < 1.29 is 9.59 Å². The maximum Gasteiger partial charge on any atom is 0.257 e. The van der Waals surface area contributed by atoms with Crippen molar-refractivity contribution in [2.45, 2.75) is 39.5 Å². The Labute approximate surface area is 174 Å². The smallest absolute Gasteiger partial charge is 0.257 e. The van der Waals surface area contributed by atoms with Crippen LogP contribution in [0.25, 0.3) is 0 Å². The van der Waals surface area contributed by atoms with Crippen LogP contribution in [0.1, 0.15) is 63.9 Å². The van der Waals surface area contributed by atoms with E-state index in [1.54, 1.807) is 24.3 Å². The summed E-state index contributed by atoms with van der Waals surface area (Å²) >= 11 is 1.40. The van der Waals surface area contributed by atoms with Gasteiger partial charge in [0.1, 0.15) is 5.01 Å². The van der Waals surface area contributed by atoms with Crippen molar-refractivity contribution in [3.05, 3.63) is 70.2 Å². The van der Waals surface area contributed by atoms with E-state index in [1.165, 1.54) is 11.3 Å². The average Bonchev–Trinajstić information content (AvgIpc) is 3.19. The van der Waals surface area contributed by atoms with Gasteiger partial charge in [0.15, 0.2) is 0 Å². The zero-order chi connectivity index (χ0) is 20.8. The third-order valence-electron chi connectivity index (χ3n) is 4.78. The lowest BCUT2D eigenvalue weighted by atomic mass is 10.1. The van der Waals surface area contributed by atoms with Crippen LogP contribution in [0.3, 0.4) is 0 Å². The van der Waals surface area contributed by atoms with Gasteiger partial charge in [0.05, 0.1) is 0 Å². The lowest BCUT2D eigenvalue weighted by molar-refractivity contribution is 0.101. The second-order valence-corrected chi connectivity index (χ2v) is 7.77. The van der Waals surface area contributed by atoms with Gasteiger partial charge in [-0.3, -0.25) is 14.9 Å². The molecule has 1 heterocycles. The summed E-state index contributed by atoms with van der Waals surface area (Å²) in [5, 5.41) is 15.4. The molecule has 0 fully saturated rings. The van der Waals surface area contributed by atoms with Gasteiger partial charge < -0.3 is 5.32 Å². The Kier molecular flexibility index (Phi) is 6.72. The molecule has 6 nitrogen and oxygen atoms in total. The Morgan fingerprint density at radius 1 is 0.931 bits per heavy atom. The molecule has 0 atom stereocenters. The fourth-order valence-electron chi connectivity index (χ4n) is 2.94. The number of nitrogens with one attached hydrogen (secondary N) is 2. The Balaban J connectivity index is 1.73. The third-order valence-corrected chi connectivity index (χ3v) is 5.78. The van der Waals surface area contributed by atoms with Gasteiger partial charge in [-0.15, -0.1) is 10.2 Å². The molecule has 0 bridgehead atoms. The van der Waals surface area contributed by atoms with Gasteiger partial charge in [0.2, 0.25) is 5.13 Å². The van der Waals surface area contributed by atoms with Crippen LogP contribution in [0.4, 0.5) is 10.8 Å². The summed E-state index contributed by atoms with van der Waals surface area (Å²) in [7, 11) is 0. The van der Waals surface area contributed by atoms with Crippen LogP contribution in [0.15, 0.2) is 48.5 Å². The minimum absolute atomic E-state index is 0.217. The highest BCUT2D eigenvalue weighted by molar-refractivity contribution is 7.15. The Bertz CT molecular complexity index is 997. The van der Waals surface area contributed by atoms with Crippen molar-refractivity contribution in [2.24, 2.45) is 0 Å². The number of benzene rings is 2. The summed E-state index contributed by atoms with van der Waals surface area (Å²) in [4.78, 5) is 25.1. The van der Waals surface area contributed by atoms with E-state index in [-0.39, 0.29) is 11.8 Å². The highest BCUT2D eigenvalue weighted by Gasteiger charge is 2.16. The van der Waals surface area contributed by atoms with Gasteiger partial charge in [-0.05, 0) is 49.6 Å². The van der Waals surface area contributed by atoms with E-state index >= 15 is 0 Å². The maximum atomic E-state index is 12.7. The van der Waals surface area contributed by atoms with E-state index < -0.39 is 0 Å². The van der Waals surface area contributed by atoms with Crippen molar-refractivity contribution in [2.75, 3.05) is 10.6 Å². The van der Waals surface area contributed by atoms with E-state index in [0.717, 1.165) is 23.4 Å². The van der Waals surface area contributed by atoms with Gasteiger partial charge in [-0.1, -0.05) is 49.4 Å². The minimum Gasteiger partial charge on any atom is -0.322 e. The first-order chi connectivity index (χ1) is 14.0. The fourth-order valence-corrected chi connectivity index (χ4v) is 3.94. The van der Waals surface area contributed by atoms with Gasteiger partial charge >= 0.3 is 0 Å². The molecule has 29 heavy (non-hydrogen) atoms. The molecule has 3 rings (SSSR count). The molecule has 0 saturated carbocycles. The molecule has 0 aliphatic rings. The normalized spacial score (nSPS) is 10.8. The van der Waals surface area contributed by atoms with Gasteiger partial charge in [0.25, 0.3) is 11.8 Å². The second kappa shape index (κ2) is 9.43. The topological polar surface area (TPSA) is 84.0 Å². The largest absolute Gasteiger partial charge is 0.322 e. The second-order valence-electron chi connectivity index (χ2n) is 6.76. The first-order valence-electron chi connectivity index (χ1n) is 9.63. The number of aromatic nitrogens is 2. The number of hydrogen-bond acceptors (Lipinski definition) is 5. The molecule has 2 amide bonds. The third kappa shape index (κ3) is 5.06. The molecule has 150 valence electrons. The van der Waals surface area contributed by atoms with E-state index in [1.807, 2.05) is 31.2 Å². The van der Waals surface area contributed by atoms with Crippen molar-refractivity contribution in [1.82, 2.24) is 10.2 Å². The molecule has 7 heteroatoms. The average molecular weight is 409 g/mol. The number of rotatable bonds is 7. The van der Waals surface area contributed by atoms with Crippen molar-refractivity contribution >= 4 is 34.0 Å². The van der Waals surface area contributed by atoms with E-state index in [0.29, 0.717) is 27.9 Å². The lowest BCUT2D eigenvalue weighted by Crippen LogP contribution is -2.15. The Hall–Kier alpha value is -3.06. The molecule has 0 saturated heterocycles. The monoisotopic (exact) mass is 408 g/mol. The molecule has 1 aromatic heterocycles. The van der Waals surface area contributed by atoms with E-state index in [2.05, 4.69) is 34.7 Å². The van der Waals surface area contributed by atoms with Crippen molar-refractivity contribution in [1.29, 1.82) is 0 Å². The van der Waals surface area contributed by atoms with Gasteiger partial charge in [-0.2, -0.15) is 0 Å². The molecule has 2 N–H and O–H groups in total.